The van der Waals surface area contributed by atoms with Gasteiger partial charge in [-0.1, -0.05) is 68.1 Å². The zero-order valence-electron chi connectivity index (χ0n) is 14.7. The van der Waals surface area contributed by atoms with E-state index in [1.807, 2.05) is 61.5 Å². The summed E-state index contributed by atoms with van der Waals surface area (Å²) in [6, 6.07) is 20.0. The Balaban J connectivity index is 1.72. The summed E-state index contributed by atoms with van der Waals surface area (Å²) in [7, 11) is 0. The molecule has 0 radical (unpaired) electrons. The van der Waals surface area contributed by atoms with Crippen molar-refractivity contribution >= 4 is 34.3 Å². The third-order valence-electron chi connectivity index (χ3n) is 4.08. The number of fused-ring (bicyclic) bond motifs is 1. The summed E-state index contributed by atoms with van der Waals surface area (Å²) in [6.07, 6.45) is 0. The summed E-state index contributed by atoms with van der Waals surface area (Å²) < 4.78 is 0. The summed E-state index contributed by atoms with van der Waals surface area (Å²) in [5.41, 5.74) is 2.99. The predicted octanol–water partition coefficient (Wildman–Crippen LogP) is 5.48. The lowest BCUT2D eigenvalue weighted by atomic mass is 10.0. The van der Waals surface area contributed by atoms with Crippen molar-refractivity contribution in [2.45, 2.75) is 37.0 Å². The number of nitrogens with one attached hydrogen (secondary N) is 1. The molecule has 1 amide bonds. The predicted molar refractivity (Wildman–Crippen MR) is 106 cm³/mol. The second-order valence-corrected chi connectivity index (χ2v) is 7.69. The van der Waals surface area contributed by atoms with Crippen molar-refractivity contribution < 1.29 is 4.79 Å². The second kappa shape index (κ2) is 7.70. The van der Waals surface area contributed by atoms with Crippen LogP contribution in [0.4, 0.5) is 5.69 Å². The SMILES string of the molecule is CC(Sc1ccc2ccccc2n1)C(=O)Nc1ccccc1C(C)C. The van der Waals surface area contributed by atoms with Gasteiger partial charge in [-0.05, 0) is 36.6 Å². The Bertz CT molecular complexity index is 892. The van der Waals surface area contributed by atoms with Crippen LogP contribution in [0.3, 0.4) is 0 Å². The number of hydrogen-bond acceptors (Lipinski definition) is 3. The molecule has 1 heterocycles. The number of carbonyl (C=O) groups excluding carboxylic acids is 1. The van der Waals surface area contributed by atoms with Crippen molar-refractivity contribution in [1.29, 1.82) is 0 Å². The molecule has 0 spiro atoms. The van der Waals surface area contributed by atoms with Crippen LogP contribution in [0.1, 0.15) is 32.3 Å². The molecule has 128 valence electrons. The molecule has 1 atom stereocenters. The molecule has 0 aliphatic heterocycles. The molecule has 3 rings (SSSR count). The Labute approximate surface area is 152 Å². The van der Waals surface area contributed by atoms with Gasteiger partial charge >= 0.3 is 0 Å². The van der Waals surface area contributed by atoms with Gasteiger partial charge in [0, 0.05) is 11.1 Å². The number of benzene rings is 2. The topological polar surface area (TPSA) is 42.0 Å². The van der Waals surface area contributed by atoms with E-state index in [1.165, 1.54) is 11.8 Å². The van der Waals surface area contributed by atoms with Gasteiger partial charge in [0.1, 0.15) is 0 Å². The number of anilines is 1. The first-order valence-electron chi connectivity index (χ1n) is 8.47. The van der Waals surface area contributed by atoms with E-state index in [-0.39, 0.29) is 11.2 Å². The molecule has 0 fully saturated rings. The van der Waals surface area contributed by atoms with E-state index in [1.54, 1.807) is 0 Å². The van der Waals surface area contributed by atoms with Crippen LogP contribution in [0.25, 0.3) is 10.9 Å². The number of nitrogens with zero attached hydrogens (tertiary/aromatic N) is 1. The minimum absolute atomic E-state index is 0.00643. The highest BCUT2D eigenvalue weighted by Crippen LogP contribution is 2.27. The van der Waals surface area contributed by atoms with Crippen molar-refractivity contribution in [3.63, 3.8) is 0 Å². The molecule has 1 N–H and O–H groups in total. The van der Waals surface area contributed by atoms with Crippen molar-refractivity contribution in [3.8, 4) is 0 Å². The number of thioether (sulfide) groups is 1. The fourth-order valence-electron chi connectivity index (χ4n) is 2.70. The number of hydrogen-bond donors (Lipinski definition) is 1. The molecular weight excluding hydrogens is 328 g/mol. The third kappa shape index (κ3) is 4.20. The molecule has 2 aromatic carbocycles. The number of rotatable bonds is 5. The highest BCUT2D eigenvalue weighted by atomic mass is 32.2. The van der Waals surface area contributed by atoms with E-state index >= 15 is 0 Å². The van der Waals surface area contributed by atoms with E-state index < -0.39 is 0 Å². The molecule has 4 heteroatoms. The maximum atomic E-state index is 12.6. The second-order valence-electron chi connectivity index (χ2n) is 6.33. The summed E-state index contributed by atoms with van der Waals surface area (Å²) >= 11 is 1.48. The first-order valence-corrected chi connectivity index (χ1v) is 9.35. The van der Waals surface area contributed by atoms with Crippen LogP contribution < -0.4 is 5.32 Å². The fourth-order valence-corrected chi connectivity index (χ4v) is 3.52. The molecule has 3 aromatic rings. The lowest BCUT2D eigenvalue weighted by Gasteiger charge is -2.16. The van der Waals surface area contributed by atoms with Crippen LogP contribution in [-0.4, -0.2) is 16.1 Å². The number of amides is 1. The Kier molecular flexibility index (Phi) is 5.39. The van der Waals surface area contributed by atoms with Crippen molar-refractivity contribution in [2.75, 3.05) is 5.32 Å². The number of carbonyl (C=O) groups is 1. The normalized spacial score (nSPS) is 12.3. The average Bonchev–Trinajstić information content (AvgIpc) is 2.61. The molecule has 0 saturated carbocycles. The van der Waals surface area contributed by atoms with Crippen molar-refractivity contribution in [1.82, 2.24) is 4.98 Å². The standard InChI is InChI=1S/C21H22N2OS/c1-14(2)17-9-5-7-11-19(17)23-21(24)15(3)25-20-13-12-16-8-4-6-10-18(16)22-20/h4-15H,1-3H3,(H,23,24). The third-order valence-corrected chi connectivity index (χ3v) is 5.12. The molecule has 0 aliphatic carbocycles. The monoisotopic (exact) mass is 350 g/mol. The van der Waals surface area contributed by atoms with E-state index in [4.69, 9.17) is 0 Å². The molecular formula is C21H22N2OS. The van der Waals surface area contributed by atoms with E-state index in [0.717, 1.165) is 27.2 Å². The summed E-state index contributed by atoms with van der Waals surface area (Å²) in [5.74, 6) is 0.356. The van der Waals surface area contributed by atoms with E-state index in [2.05, 4.69) is 30.2 Å². The Hall–Kier alpha value is -2.33. The van der Waals surface area contributed by atoms with Gasteiger partial charge in [-0.3, -0.25) is 4.79 Å². The maximum absolute atomic E-state index is 12.6. The fraction of sp³-hybridized carbons (Fsp3) is 0.238. The Morgan fingerprint density at radius 2 is 1.68 bits per heavy atom. The van der Waals surface area contributed by atoms with Crippen molar-refractivity contribution in [3.05, 3.63) is 66.2 Å². The molecule has 0 aliphatic rings. The minimum atomic E-state index is -0.228. The summed E-state index contributed by atoms with van der Waals surface area (Å²) in [4.78, 5) is 17.2. The number of para-hydroxylation sites is 2. The first-order chi connectivity index (χ1) is 12.0. The zero-order chi connectivity index (χ0) is 17.8. The minimum Gasteiger partial charge on any atom is -0.325 e. The zero-order valence-corrected chi connectivity index (χ0v) is 15.5. The van der Waals surface area contributed by atoms with Gasteiger partial charge in [-0.25, -0.2) is 4.98 Å². The van der Waals surface area contributed by atoms with Gasteiger partial charge in [0.2, 0.25) is 5.91 Å². The lowest BCUT2D eigenvalue weighted by Crippen LogP contribution is -2.23. The maximum Gasteiger partial charge on any atom is 0.237 e. The van der Waals surface area contributed by atoms with E-state index in [9.17, 15) is 4.79 Å². The van der Waals surface area contributed by atoms with Crippen LogP contribution in [0.2, 0.25) is 0 Å². The van der Waals surface area contributed by atoms with Crippen LogP contribution in [0, 0.1) is 0 Å². The van der Waals surface area contributed by atoms with Crippen LogP contribution >= 0.6 is 11.8 Å². The van der Waals surface area contributed by atoms with Gasteiger partial charge in [0.15, 0.2) is 0 Å². The highest BCUT2D eigenvalue weighted by Gasteiger charge is 2.17. The largest absolute Gasteiger partial charge is 0.325 e. The average molecular weight is 350 g/mol. The van der Waals surface area contributed by atoms with Gasteiger partial charge in [-0.15, -0.1) is 0 Å². The lowest BCUT2D eigenvalue weighted by molar-refractivity contribution is -0.115. The van der Waals surface area contributed by atoms with Crippen molar-refractivity contribution in [2.24, 2.45) is 0 Å². The Morgan fingerprint density at radius 1 is 0.960 bits per heavy atom. The quantitative estimate of drug-likeness (QED) is 0.620. The molecule has 1 aromatic heterocycles. The highest BCUT2D eigenvalue weighted by molar-refractivity contribution is 8.00. The van der Waals surface area contributed by atoms with Gasteiger partial charge < -0.3 is 5.32 Å². The van der Waals surface area contributed by atoms with Crippen LogP contribution in [-0.2, 0) is 4.79 Å². The Morgan fingerprint density at radius 3 is 2.48 bits per heavy atom. The molecule has 0 saturated heterocycles. The summed E-state index contributed by atoms with van der Waals surface area (Å²) in [6.45, 7) is 6.17. The smallest absolute Gasteiger partial charge is 0.237 e. The molecule has 3 nitrogen and oxygen atoms in total. The number of aromatic nitrogens is 1. The van der Waals surface area contributed by atoms with Crippen LogP contribution in [0.15, 0.2) is 65.7 Å². The molecule has 1 unspecified atom stereocenters. The molecule has 0 bridgehead atoms. The number of pyridine rings is 1. The summed E-state index contributed by atoms with van der Waals surface area (Å²) in [5, 5.41) is 4.80. The van der Waals surface area contributed by atoms with Crippen LogP contribution in [0.5, 0.6) is 0 Å². The van der Waals surface area contributed by atoms with Gasteiger partial charge in [0.05, 0.1) is 15.8 Å². The van der Waals surface area contributed by atoms with Gasteiger partial charge in [0.25, 0.3) is 0 Å². The van der Waals surface area contributed by atoms with Gasteiger partial charge in [-0.2, -0.15) is 0 Å². The van der Waals surface area contributed by atoms with E-state index in [0.29, 0.717) is 5.92 Å². The molecule has 25 heavy (non-hydrogen) atoms. The first kappa shape index (κ1) is 17.5.